The molecule has 0 aliphatic heterocycles. The van der Waals surface area contributed by atoms with Crippen molar-refractivity contribution in [3.05, 3.63) is 96.1 Å². The van der Waals surface area contributed by atoms with E-state index in [2.05, 4.69) is 32.3 Å². The number of aliphatic hydroxyl groups is 1. The van der Waals surface area contributed by atoms with Gasteiger partial charge >= 0.3 is 6.18 Å². The summed E-state index contributed by atoms with van der Waals surface area (Å²) in [5.41, 5.74) is 3.18. The number of fused-ring (bicyclic) bond motifs is 1. The van der Waals surface area contributed by atoms with Crippen LogP contribution >= 0.6 is 0 Å². The molecule has 4 N–H and O–H groups in total. The molecule has 43 heavy (non-hydrogen) atoms. The van der Waals surface area contributed by atoms with Crippen LogP contribution in [0.1, 0.15) is 38.7 Å². The van der Waals surface area contributed by atoms with E-state index in [4.69, 9.17) is 10.1 Å². The monoisotopic (exact) mass is 595 g/mol. The maximum Gasteiger partial charge on any atom is 0.418 e. The van der Waals surface area contributed by atoms with Crippen LogP contribution in [0.2, 0.25) is 0 Å². The van der Waals surface area contributed by atoms with E-state index in [0.717, 1.165) is 22.9 Å². The van der Waals surface area contributed by atoms with Gasteiger partial charge in [-0.05, 0) is 48.7 Å². The molecule has 0 unspecified atom stereocenters. The van der Waals surface area contributed by atoms with Gasteiger partial charge in [-0.1, -0.05) is 32.4 Å². The van der Waals surface area contributed by atoms with Crippen LogP contribution in [0.3, 0.4) is 0 Å². The zero-order valence-corrected chi connectivity index (χ0v) is 23.8. The molecule has 12 heteroatoms. The van der Waals surface area contributed by atoms with Crippen molar-refractivity contribution in [1.29, 1.82) is 0 Å². The van der Waals surface area contributed by atoms with Gasteiger partial charge in [-0.2, -0.15) is 13.2 Å². The zero-order valence-electron chi connectivity index (χ0n) is 23.8. The Morgan fingerprint density at radius 3 is 2.51 bits per heavy atom. The van der Waals surface area contributed by atoms with Gasteiger partial charge < -0.3 is 25.5 Å². The summed E-state index contributed by atoms with van der Waals surface area (Å²) in [6, 6.07) is 11.4. The highest BCUT2D eigenvalue weighted by molar-refractivity contribution is 5.71. The van der Waals surface area contributed by atoms with E-state index >= 15 is 0 Å². The number of alkyl halides is 3. The Labute approximate surface area is 247 Å². The van der Waals surface area contributed by atoms with Crippen LogP contribution in [-0.2, 0) is 6.54 Å². The van der Waals surface area contributed by atoms with Crippen molar-refractivity contribution in [2.45, 2.75) is 45.8 Å². The Morgan fingerprint density at radius 1 is 1.05 bits per heavy atom. The van der Waals surface area contributed by atoms with Gasteiger partial charge in [-0.15, -0.1) is 0 Å². The molecule has 226 valence electrons. The van der Waals surface area contributed by atoms with Gasteiger partial charge in [0.25, 0.3) is 0 Å². The van der Waals surface area contributed by atoms with Crippen LogP contribution in [0, 0.1) is 12.5 Å². The Hall–Kier alpha value is -5.05. The van der Waals surface area contributed by atoms with Crippen molar-refractivity contribution in [2.24, 2.45) is 0 Å². The lowest BCUT2D eigenvalue weighted by atomic mass is 10.1. The minimum Gasteiger partial charge on any atom is -0.462 e. The Morgan fingerprint density at radius 2 is 1.79 bits per heavy atom. The van der Waals surface area contributed by atoms with Gasteiger partial charge in [-0.25, -0.2) is 14.4 Å². The molecule has 4 aromatic rings. The number of hydrogen-bond donors (Lipinski definition) is 4. The largest absolute Gasteiger partial charge is 0.462 e. The second-order valence-electron chi connectivity index (χ2n) is 8.92. The Balaban J connectivity index is 0.000000953. The van der Waals surface area contributed by atoms with Crippen molar-refractivity contribution < 1.29 is 22.7 Å². The average molecular weight is 596 g/mol. The van der Waals surface area contributed by atoms with E-state index in [1.165, 1.54) is 6.11 Å². The molecule has 1 aliphatic rings. The predicted molar refractivity (Wildman–Crippen MR) is 160 cm³/mol. The van der Waals surface area contributed by atoms with Crippen LogP contribution in [0.4, 0.5) is 29.1 Å². The smallest absolute Gasteiger partial charge is 0.418 e. The molecule has 0 atom stereocenters. The molecule has 5 rings (SSSR count). The zero-order chi connectivity index (χ0) is 31.2. The van der Waals surface area contributed by atoms with Gasteiger partial charge in [0.15, 0.2) is 11.5 Å². The third-order valence-electron chi connectivity index (χ3n) is 6.11. The summed E-state index contributed by atoms with van der Waals surface area (Å²) < 4.78 is 55.3. The first-order chi connectivity index (χ1) is 20.8. The molecule has 3 aromatic heterocycles. The number of benzene rings is 1. The number of aliphatic hydroxyl groups excluding tert-OH is 1. The van der Waals surface area contributed by atoms with E-state index in [1.54, 1.807) is 18.6 Å². The highest BCUT2D eigenvalue weighted by atomic mass is 19.4. The number of rotatable bonds is 8. The van der Waals surface area contributed by atoms with Crippen molar-refractivity contribution in [3.63, 3.8) is 0 Å². The summed E-state index contributed by atoms with van der Waals surface area (Å²) in [5, 5.41) is 16.6. The molecule has 1 aliphatic carbocycles. The third kappa shape index (κ3) is 9.22. The van der Waals surface area contributed by atoms with Crippen LogP contribution in [0.5, 0.6) is 0 Å². The van der Waals surface area contributed by atoms with Crippen LogP contribution in [0.15, 0.2) is 90.6 Å². The first kappa shape index (κ1) is 32.5. The Bertz CT molecular complexity index is 1570. The van der Waals surface area contributed by atoms with Crippen molar-refractivity contribution in [3.8, 4) is 23.8 Å². The molecule has 1 aromatic carbocycles. The fraction of sp³-hybridized carbons (Fsp3) is 0.258. The summed E-state index contributed by atoms with van der Waals surface area (Å²) in [6.45, 7) is 4.73. The fourth-order valence-corrected chi connectivity index (χ4v) is 4.19. The van der Waals surface area contributed by atoms with Gasteiger partial charge in [0.1, 0.15) is 11.9 Å². The lowest BCUT2D eigenvalue weighted by Gasteiger charge is -2.14. The van der Waals surface area contributed by atoms with Gasteiger partial charge in [0.05, 0.1) is 17.9 Å². The molecule has 3 heterocycles. The van der Waals surface area contributed by atoms with Crippen molar-refractivity contribution in [1.82, 2.24) is 24.7 Å². The predicted octanol–water partition coefficient (Wildman–Crippen LogP) is 7.19. The number of pyridine rings is 1. The van der Waals surface area contributed by atoms with Gasteiger partial charge in [-0.3, -0.25) is 4.98 Å². The molecular formula is C31H33F4N7O. The summed E-state index contributed by atoms with van der Waals surface area (Å²) in [4.78, 5) is 13.2. The first-order valence-corrected chi connectivity index (χ1v) is 13.6. The van der Waals surface area contributed by atoms with Crippen molar-refractivity contribution >= 4 is 17.2 Å². The maximum atomic E-state index is 13.9. The van der Waals surface area contributed by atoms with Crippen LogP contribution in [0.25, 0.3) is 16.9 Å². The van der Waals surface area contributed by atoms with Gasteiger partial charge in [0.2, 0.25) is 0 Å². The van der Waals surface area contributed by atoms with Crippen molar-refractivity contribution in [2.75, 3.05) is 17.3 Å². The maximum absolute atomic E-state index is 13.9. The molecule has 0 saturated carbocycles. The quantitative estimate of drug-likeness (QED) is 0.0972. The third-order valence-corrected chi connectivity index (χ3v) is 6.11. The summed E-state index contributed by atoms with van der Waals surface area (Å²) in [6.07, 6.45) is 10.9. The number of nitrogens with zero attached hydrogens (tertiary/aromatic N) is 4. The van der Waals surface area contributed by atoms with E-state index in [-0.39, 0.29) is 13.1 Å². The number of nitrogens with one attached hydrogen (secondary N) is 3. The number of terminal acetylenes is 1. The molecule has 0 radical (unpaired) electrons. The number of allylic oxidation sites excluding steroid dienone is 4. The number of aromatic nitrogens is 4. The van der Waals surface area contributed by atoms with Crippen LogP contribution < -0.4 is 16.0 Å². The second-order valence-corrected chi connectivity index (χ2v) is 8.92. The number of anilines is 2. The highest BCUT2D eigenvalue weighted by Crippen LogP contribution is 2.35. The minimum atomic E-state index is -4.72. The summed E-state index contributed by atoms with van der Waals surface area (Å²) >= 11 is 0. The second kappa shape index (κ2) is 15.8. The van der Waals surface area contributed by atoms with E-state index in [0.29, 0.717) is 42.2 Å². The minimum absolute atomic E-state index is 0.175. The first-order valence-electron chi connectivity index (χ1n) is 13.6. The van der Waals surface area contributed by atoms with Gasteiger partial charge in [0, 0.05) is 60.9 Å². The van der Waals surface area contributed by atoms with E-state index in [1.807, 2.05) is 67.0 Å². The molecule has 0 bridgehead atoms. The SMILES string of the molecule is C#CO.CC.FC1=C(C(F)(F)F)C=C(NCNc2cccc(-c3cn4ccnc4c(NCc4ccncc4)n3)c2)CCC1. The number of hydrogen-bond acceptors (Lipinski definition) is 7. The normalized spacial score (nSPS) is 12.9. The van der Waals surface area contributed by atoms with E-state index in [9.17, 15) is 17.6 Å². The molecule has 0 saturated heterocycles. The molecule has 0 spiro atoms. The molecule has 0 fully saturated rings. The van der Waals surface area contributed by atoms with E-state index < -0.39 is 17.6 Å². The number of imidazole rings is 1. The van der Waals surface area contributed by atoms with Crippen LogP contribution in [-0.4, -0.2) is 37.3 Å². The molecule has 0 amide bonds. The molecule has 8 nitrogen and oxygen atoms in total. The summed E-state index contributed by atoms with van der Waals surface area (Å²) in [7, 11) is 0. The highest BCUT2D eigenvalue weighted by Gasteiger charge is 2.36. The lowest BCUT2D eigenvalue weighted by Crippen LogP contribution is -2.22. The number of halogens is 4. The topological polar surface area (TPSA) is 99.4 Å². The lowest BCUT2D eigenvalue weighted by molar-refractivity contribution is -0.0902. The standard InChI is InChI=1S/C27H25F4N7.C2H2O.C2H6/c28-23-6-2-5-21(14-22(23)27(29,30)31)36-17-35-20-4-1-3-19(13-20)24-16-38-12-11-33-26(38)25(37-24)34-15-18-7-9-32-10-8-18;1-2-3;1-2/h1,3-4,7-14,16,35-36H,2,5-6,15,17H2,(H,34,37);1,3H;1-2H3. The summed E-state index contributed by atoms with van der Waals surface area (Å²) in [5.74, 6) is -0.489. The molecular weight excluding hydrogens is 562 g/mol. The Kier molecular flexibility index (Phi) is 11.9. The average Bonchev–Trinajstić information content (AvgIpc) is 3.40. The fourth-order valence-electron chi connectivity index (χ4n) is 4.19.